The zero-order valence-corrected chi connectivity index (χ0v) is 19.7. The van der Waals surface area contributed by atoms with E-state index in [0.29, 0.717) is 12.2 Å². The van der Waals surface area contributed by atoms with Crippen molar-refractivity contribution in [1.82, 2.24) is 9.47 Å². The maximum absolute atomic E-state index is 10.4. The molecule has 182 valence electrons. The number of phenols is 2. The number of fused-ring (bicyclic) bond motifs is 1. The average molecular weight is 477 g/mol. The first-order chi connectivity index (χ1) is 19.6. The van der Waals surface area contributed by atoms with Gasteiger partial charge in [0.15, 0.2) is 0 Å². The number of aryl methyl sites for hydroxylation is 1. The van der Waals surface area contributed by atoms with Gasteiger partial charge in [-0.05, 0) is 104 Å². The lowest BCUT2D eigenvalue weighted by atomic mass is 10.1. The molecule has 5 heteroatoms. The molecule has 2 heterocycles. The lowest BCUT2D eigenvalue weighted by Crippen LogP contribution is -2.29. The molecule has 1 aliphatic rings. The van der Waals surface area contributed by atoms with Crippen molar-refractivity contribution in [2.24, 2.45) is 0 Å². The predicted octanol–water partition coefficient (Wildman–Crippen LogP) is 6.33. The minimum atomic E-state index is -2.69. The fourth-order valence-corrected chi connectivity index (χ4v) is 4.74. The normalized spacial score (nSPS) is 17.6. The Morgan fingerprint density at radius 1 is 0.914 bits per heavy atom. The van der Waals surface area contributed by atoms with Crippen LogP contribution in [0.2, 0.25) is 0 Å². The van der Waals surface area contributed by atoms with Crippen LogP contribution in [0, 0.1) is 6.85 Å². The Morgan fingerprint density at radius 2 is 1.66 bits per heavy atom. The number of aromatic hydroxyl groups is 2. The predicted molar refractivity (Wildman–Crippen MR) is 141 cm³/mol. The highest BCUT2D eigenvalue weighted by atomic mass is 16.5. The van der Waals surface area contributed by atoms with Crippen molar-refractivity contribution in [3.05, 3.63) is 77.8 Å². The summed E-state index contributed by atoms with van der Waals surface area (Å²) in [4.78, 5) is 2.43. The second-order valence-electron chi connectivity index (χ2n) is 9.05. The van der Waals surface area contributed by atoms with Gasteiger partial charge >= 0.3 is 0 Å². The number of rotatable bonds is 7. The van der Waals surface area contributed by atoms with Crippen LogP contribution in [0.5, 0.6) is 17.2 Å². The molecule has 3 aromatic carbocycles. The Hall–Kier alpha value is -3.44. The maximum Gasteiger partial charge on any atom is 0.119 e. The molecule has 1 aliphatic heterocycles. The van der Waals surface area contributed by atoms with Crippen LogP contribution in [0.15, 0.2) is 66.7 Å². The van der Waals surface area contributed by atoms with Gasteiger partial charge in [-0.3, -0.25) is 4.90 Å². The Bertz CT molecular complexity index is 1520. The standard InChI is InChI=1S/C30H34N2O3/c1-22-28-20-26(34)12-15-29(28)32(30(22)24-8-10-25(33)11-9-24)21-23-6-13-27(14-7-23)35-19-18-31-16-4-2-3-5-17-31/h6-15,20,33-34H,2-5,16-19,21H2,1H3/i1D3,12D,15D,20D. The monoisotopic (exact) mass is 476 g/mol. The van der Waals surface area contributed by atoms with E-state index < -0.39 is 24.7 Å². The second-order valence-corrected chi connectivity index (χ2v) is 9.05. The SMILES string of the molecule is [2H]c1c(O)c([2H])c2c(C([2H])([2H])[2H])c(-c3ccc(O)cc3)n(Cc3ccc(OCCN4CCCCCC4)cc3)c2c1[2H]. The molecule has 35 heavy (non-hydrogen) atoms. The molecule has 1 saturated heterocycles. The van der Waals surface area contributed by atoms with E-state index in [9.17, 15) is 10.2 Å². The number of hydrogen-bond acceptors (Lipinski definition) is 4. The van der Waals surface area contributed by atoms with E-state index in [2.05, 4.69) is 4.90 Å². The van der Waals surface area contributed by atoms with Crippen LogP contribution in [0.3, 0.4) is 0 Å². The third-order valence-electron chi connectivity index (χ3n) is 6.59. The zero-order valence-electron chi connectivity index (χ0n) is 25.7. The van der Waals surface area contributed by atoms with Crippen molar-refractivity contribution < 1.29 is 23.2 Å². The molecule has 4 aromatic rings. The van der Waals surface area contributed by atoms with E-state index in [1.54, 1.807) is 16.7 Å². The first-order valence-corrected chi connectivity index (χ1v) is 12.1. The minimum Gasteiger partial charge on any atom is -0.508 e. The fourth-order valence-electron chi connectivity index (χ4n) is 4.74. The van der Waals surface area contributed by atoms with E-state index in [-0.39, 0.29) is 40.5 Å². The van der Waals surface area contributed by atoms with Gasteiger partial charge < -0.3 is 19.5 Å². The number of ether oxygens (including phenoxy) is 1. The molecular weight excluding hydrogens is 436 g/mol. The van der Waals surface area contributed by atoms with E-state index in [1.807, 2.05) is 24.3 Å². The summed E-state index contributed by atoms with van der Waals surface area (Å²) >= 11 is 0. The van der Waals surface area contributed by atoms with Gasteiger partial charge in [-0.2, -0.15) is 0 Å². The molecule has 5 nitrogen and oxygen atoms in total. The molecule has 0 atom stereocenters. The lowest BCUT2D eigenvalue weighted by Gasteiger charge is -2.19. The Kier molecular flexibility index (Phi) is 5.09. The summed E-state index contributed by atoms with van der Waals surface area (Å²) in [5, 5.41) is 20.2. The smallest absolute Gasteiger partial charge is 0.119 e. The molecule has 0 spiro atoms. The number of aromatic nitrogens is 1. The molecule has 0 unspecified atom stereocenters. The fraction of sp³-hybridized carbons (Fsp3) is 0.333. The Balaban J connectivity index is 1.53. The molecule has 0 aliphatic carbocycles. The van der Waals surface area contributed by atoms with Gasteiger partial charge in [-0.15, -0.1) is 0 Å². The molecule has 5 rings (SSSR count). The van der Waals surface area contributed by atoms with E-state index in [1.165, 1.54) is 37.8 Å². The van der Waals surface area contributed by atoms with Crippen LogP contribution in [0.4, 0.5) is 0 Å². The summed E-state index contributed by atoms with van der Waals surface area (Å²) < 4.78 is 58.0. The first-order valence-electron chi connectivity index (χ1n) is 15.1. The molecule has 0 saturated carbocycles. The van der Waals surface area contributed by atoms with Crippen molar-refractivity contribution >= 4 is 10.9 Å². The number of likely N-dealkylation sites (tertiary alicyclic amines) is 1. The van der Waals surface area contributed by atoms with E-state index in [4.69, 9.17) is 13.0 Å². The number of benzene rings is 3. The van der Waals surface area contributed by atoms with Crippen LogP contribution in [0.1, 0.15) is 45.0 Å². The van der Waals surface area contributed by atoms with Crippen LogP contribution in [-0.2, 0) is 6.54 Å². The largest absolute Gasteiger partial charge is 0.508 e. The number of hydrogen-bond donors (Lipinski definition) is 2. The molecule has 0 amide bonds. The highest BCUT2D eigenvalue weighted by molar-refractivity contribution is 5.92. The first kappa shape index (κ1) is 17.1. The Labute approximate surface area is 215 Å². The molecule has 1 aromatic heterocycles. The van der Waals surface area contributed by atoms with Crippen LogP contribution in [-0.4, -0.2) is 45.9 Å². The van der Waals surface area contributed by atoms with Crippen LogP contribution < -0.4 is 4.74 Å². The van der Waals surface area contributed by atoms with Crippen molar-refractivity contribution in [2.45, 2.75) is 39.1 Å². The molecule has 0 radical (unpaired) electrons. The number of phenolic OH excluding ortho intramolecular Hbond substituents is 2. The van der Waals surface area contributed by atoms with Crippen LogP contribution >= 0.6 is 0 Å². The van der Waals surface area contributed by atoms with Gasteiger partial charge in [0, 0.05) is 28.1 Å². The molecule has 0 bridgehead atoms. The summed E-state index contributed by atoms with van der Waals surface area (Å²) in [7, 11) is 0. The summed E-state index contributed by atoms with van der Waals surface area (Å²) in [6, 6.07) is 12.1. The third-order valence-corrected chi connectivity index (χ3v) is 6.59. The number of nitrogens with zero attached hydrogens (tertiary/aromatic N) is 2. The summed E-state index contributed by atoms with van der Waals surface area (Å²) in [5.41, 5.74) is 1.41. The van der Waals surface area contributed by atoms with Gasteiger partial charge in [0.05, 0.1) is 9.81 Å². The molecular formula is C30H34N2O3. The van der Waals surface area contributed by atoms with Gasteiger partial charge in [0.25, 0.3) is 0 Å². The Morgan fingerprint density at radius 3 is 2.37 bits per heavy atom. The van der Waals surface area contributed by atoms with Crippen molar-refractivity contribution in [3.63, 3.8) is 0 Å². The third kappa shape index (κ3) is 5.30. The van der Waals surface area contributed by atoms with Crippen molar-refractivity contribution in [2.75, 3.05) is 26.2 Å². The highest BCUT2D eigenvalue weighted by Gasteiger charge is 2.17. The average Bonchev–Trinajstić information content (AvgIpc) is 3.08. The highest BCUT2D eigenvalue weighted by Crippen LogP contribution is 2.36. The minimum absolute atomic E-state index is 0.00623. The summed E-state index contributed by atoms with van der Waals surface area (Å²) in [5.74, 6) is -0.00771. The summed E-state index contributed by atoms with van der Waals surface area (Å²) in [6.07, 6.45) is 5.02. The molecule has 2 N–H and O–H groups in total. The quantitative estimate of drug-likeness (QED) is 0.327. The summed E-state index contributed by atoms with van der Waals surface area (Å²) in [6.45, 7) is 1.11. The topological polar surface area (TPSA) is 57.9 Å². The zero-order chi connectivity index (χ0) is 29.3. The van der Waals surface area contributed by atoms with Crippen molar-refractivity contribution in [3.8, 4) is 28.5 Å². The maximum atomic E-state index is 10.4. The van der Waals surface area contributed by atoms with Crippen LogP contribution in [0.25, 0.3) is 22.2 Å². The van der Waals surface area contributed by atoms with E-state index in [0.717, 1.165) is 30.9 Å². The van der Waals surface area contributed by atoms with Gasteiger partial charge in [0.1, 0.15) is 23.9 Å². The molecule has 1 fully saturated rings. The van der Waals surface area contributed by atoms with Gasteiger partial charge in [-0.25, -0.2) is 0 Å². The van der Waals surface area contributed by atoms with Gasteiger partial charge in [0.2, 0.25) is 0 Å². The second kappa shape index (κ2) is 10.4. The van der Waals surface area contributed by atoms with E-state index >= 15 is 0 Å². The lowest BCUT2D eigenvalue weighted by molar-refractivity contribution is 0.214. The van der Waals surface area contributed by atoms with Crippen molar-refractivity contribution in [1.29, 1.82) is 0 Å². The van der Waals surface area contributed by atoms with Gasteiger partial charge in [-0.1, -0.05) is 25.0 Å².